The van der Waals surface area contributed by atoms with E-state index in [9.17, 15) is 4.39 Å². The third kappa shape index (κ3) is 1.21. The number of rotatable bonds is 0. The first kappa shape index (κ1) is 9.13. The normalized spacial score (nSPS) is 11.0. The van der Waals surface area contributed by atoms with Gasteiger partial charge in [-0.25, -0.2) is 13.9 Å². The second-order valence-corrected chi connectivity index (χ2v) is 4.15. The summed E-state index contributed by atoms with van der Waals surface area (Å²) in [6, 6.07) is 0. The maximum absolute atomic E-state index is 13.3. The Labute approximate surface area is 94.6 Å². The van der Waals surface area contributed by atoms with Gasteiger partial charge in [0.2, 0.25) is 0 Å². The first-order chi connectivity index (χ1) is 6.13. The van der Waals surface area contributed by atoms with E-state index >= 15 is 0 Å². The fraction of sp³-hybridized carbons (Fsp3) is 0. The first-order valence-corrected chi connectivity index (χ1v) is 5.11. The molecule has 0 aliphatic carbocycles. The van der Waals surface area contributed by atoms with Gasteiger partial charge in [0.25, 0.3) is 0 Å². The van der Waals surface area contributed by atoms with E-state index in [-0.39, 0.29) is 16.2 Å². The highest BCUT2D eigenvalue weighted by Crippen LogP contribution is 2.28. The summed E-state index contributed by atoms with van der Waals surface area (Å²) < 4.78 is 15.4. The lowest BCUT2D eigenvalue weighted by atomic mass is 10.5. The topological polar surface area (TPSA) is 56.2 Å². The second-order valence-electron chi connectivity index (χ2n) is 2.32. The van der Waals surface area contributed by atoms with E-state index in [0.717, 1.165) is 0 Å². The van der Waals surface area contributed by atoms with Crippen LogP contribution in [0.15, 0.2) is 10.9 Å². The van der Waals surface area contributed by atoms with Crippen molar-refractivity contribution in [3.05, 3.63) is 20.3 Å². The first-order valence-electron chi connectivity index (χ1n) is 3.24. The van der Waals surface area contributed by atoms with Gasteiger partial charge in [-0.05, 0) is 38.5 Å². The lowest BCUT2D eigenvalue weighted by molar-refractivity contribution is 0.610. The minimum Gasteiger partial charge on any atom is -0.382 e. The SMILES string of the molecule is Nc1ncnn2c(Br)c(F)c(I)c12. The Bertz CT molecular complexity index is 483. The average Bonchev–Trinajstić information content (AvgIpc) is 2.33. The van der Waals surface area contributed by atoms with E-state index in [0.29, 0.717) is 9.09 Å². The molecule has 0 saturated carbocycles. The third-order valence-electron chi connectivity index (χ3n) is 1.59. The van der Waals surface area contributed by atoms with Gasteiger partial charge in [0, 0.05) is 0 Å². The van der Waals surface area contributed by atoms with Gasteiger partial charge in [-0.1, -0.05) is 0 Å². The number of halogens is 3. The predicted molar refractivity (Wildman–Crippen MR) is 57.8 cm³/mol. The smallest absolute Gasteiger partial charge is 0.171 e. The predicted octanol–water partition coefficient (Wildman–Crippen LogP) is 1.82. The Hall–Kier alpha value is -0.440. The number of fused-ring (bicyclic) bond motifs is 1. The van der Waals surface area contributed by atoms with Crippen molar-refractivity contribution >= 4 is 49.9 Å². The Morgan fingerprint density at radius 2 is 2.31 bits per heavy atom. The quantitative estimate of drug-likeness (QED) is 0.732. The molecule has 2 heterocycles. The van der Waals surface area contributed by atoms with Crippen molar-refractivity contribution in [3.63, 3.8) is 0 Å². The van der Waals surface area contributed by atoms with E-state index in [1.165, 1.54) is 10.8 Å². The van der Waals surface area contributed by atoms with Gasteiger partial charge in [-0.15, -0.1) is 0 Å². The maximum atomic E-state index is 13.3. The van der Waals surface area contributed by atoms with Gasteiger partial charge in [0.1, 0.15) is 16.4 Å². The zero-order valence-electron chi connectivity index (χ0n) is 6.13. The molecule has 0 aromatic carbocycles. The van der Waals surface area contributed by atoms with Crippen molar-refractivity contribution in [2.24, 2.45) is 0 Å². The Balaban J connectivity index is 3.03. The van der Waals surface area contributed by atoms with Crippen LogP contribution in [0.3, 0.4) is 0 Å². The summed E-state index contributed by atoms with van der Waals surface area (Å²) in [4.78, 5) is 3.78. The van der Waals surface area contributed by atoms with Crippen LogP contribution in [0.25, 0.3) is 5.52 Å². The lowest BCUT2D eigenvalue weighted by Crippen LogP contribution is -1.99. The van der Waals surface area contributed by atoms with Crippen LogP contribution in [0.4, 0.5) is 10.2 Å². The van der Waals surface area contributed by atoms with Crippen LogP contribution >= 0.6 is 38.5 Å². The van der Waals surface area contributed by atoms with E-state index in [1.807, 2.05) is 22.6 Å². The lowest BCUT2D eigenvalue weighted by Gasteiger charge is -1.96. The maximum Gasteiger partial charge on any atom is 0.171 e. The van der Waals surface area contributed by atoms with E-state index in [1.54, 1.807) is 0 Å². The van der Waals surface area contributed by atoms with Crippen molar-refractivity contribution in [1.82, 2.24) is 14.6 Å². The molecule has 13 heavy (non-hydrogen) atoms. The minimum absolute atomic E-state index is 0.265. The van der Waals surface area contributed by atoms with Crippen LogP contribution in [0.1, 0.15) is 0 Å². The number of nitrogen functional groups attached to an aromatic ring is 1. The standard InChI is InChI=1S/C6H3BrFIN4/c7-5-2(8)3(9)4-6(10)11-1-12-13(4)5/h1H,(H2,10,11,12). The highest BCUT2D eigenvalue weighted by atomic mass is 127. The van der Waals surface area contributed by atoms with Gasteiger partial charge in [-0.3, -0.25) is 0 Å². The highest BCUT2D eigenvalue weighted by molar-refractivity contribution is 14.1. The number of aromatic nitrogens is 3. The Morgan fingerprint density at radius 1 is 1.62 bits per heavy atom. The molecule has 0 bridgehead atoms. The summed E-state index contributed by atoms with van der Waals surface area (Å²) in [5.74, 6) is -0.100. The fourth-order valence-electron chi connectivity index (χ4n) is 1.01. The number of nitrogens with two attached hydrogens (primary N) is 1. The van der Waals surface area contributed by atoms with Gasteiger partial charge < -0.3 is 5.73 Å². The van der Waals surface area contributed by atoms with Crippen molar-refractivity contribution in [1.29, 1.82) is 0 Å². The molecule has 0 unspecified atom stereocenters. The number of hydrogen-bond donors (Lipinski definition) is 1. The highest BCUT2D eigenvalue weighted by Gasteiger charge is 2.17. The molecule has 0 atom stereocenters. The molecule has 4 nitrogen and oxygen atoms in total. The van der Waals surface area contributed by atoms with Gasteiger partial charge in [-0.2, -0.15) is 5.10 Å². The monoisotopic (exact) mass is 356 g/mol. The molecular formula is C6H3BrFIN4. The summed E-state index contributed by atoms with van der Waals surface area (Å²) in [5, 5.41) is 3.86. The van der Waals surface area contributed by atoms with E-state index in [4.69, 9.17) is 5.73 Å². The molecule has 2 aromatic rings. The molecule has 0 amide bonds. The van der Waals surface area contributed by atoms with Gasteiger partial charge in [0.05, 0.1) is 3.57 Å². The van der Waals surface area contributed by atoms with Gasteiger partial charge >= 0.3 is 0 Å². The minimum atomic E-state index is -0.368. The van der Waals surface area contributed by atoms with Crippen molar-refractivity contribution in [2.45, 2.75) is 0 Å². The largest absolute Gasteiger partial charge is 0.382 e. The summed E-state index contributed by atoms with van der Waals surface area (Å²) in [6.07, 6.45) is 1.28. The van der Waals surface area contributed by atoms with Crippen molar-refractivity contribution in [2.75, 3.05) is 5.73 Å². The number of nitrogens with zero attached hydrogens (tertiary/aromatic N) is 3. The molecule has 2 aromatic heterocycles. The summed E-state index contributed by atoms with van der Waals surface area (Å²) in [7, 11) is 0. The molecule has 2 N–H and O–H groups in total. The molecule has 0 aliphatic rings. The third-order valence-corrected chi connectivity index (χ3v) is 3.25. The summed E-state index contributed by atoms with van der Waals surface area (Å²) in [5.41, 5.74) is 6.07. The van der Waals surface area contributed by atoms with Crippen LogP contribution in [0.5, 0.6) is 0 Å². The van der Waals surface area contributed by atoms with E-state index in [2.05, 4.69) is 26.0 Å². The molecular weight excluding hydrogens is 354 g/mol. The second kappa shape index (κ2) is 3.05. The van der Waals surface area contributed by atoms with Crippen LogP contribution in [0.2, 0.25) is 0 Å². The number of hydrogen-bond acceptors (Lipinski definition) is 3. The zero-order valence-corrected chi connectivity index (χ0v) is 9.87. The molecule has 0 fully saturated rings. The summed E-state index contributed by atoms with van der Waals surface area (Å²) in [6.45, 7) is 0. The van der Waals surface area contributed by atoms with Crippen LogP contribution in [0, 0.1) is 9.39 Å². The van der Waals surface area contributed by atoms with Crippen molar-refractivity contribution in [3.8, 4) is 0 Å². The van der Waals surface area contributed by atoms with Crippen LogP contribution in [-0.4, -0.2) is 14.6 Å². The zero-order chi connectivity index (χ0) is 9.59. The molecule has 0 aliphatic heterocycles. The van der Waals surface area contributed by atoms with Crippen LogP contribution in [-0.2, 0) is 0 Å². The van der Waals surface area contributed by atoms with E-state index < -0.39 is 0 Å². The number of anilines is 1. The molecule has 0 radical (unpaired) electrons. The molecule has 68 valence electrons. The Kier molecular flexibility index (Phi) is 2.14. The van der Waals surface area contributed by atoms with Crippen LogP contribution < -0.4 is 5.73 Å². The average molecular weight is 357 g/mol. The molecule has 7 heteroatoms. The summed E-state index contributed by atoms with van der Waals surface area (Å²) >= 11 is 4.94. The molecule has 0 saturated heterocycles. The van der Waals surface area contributed by atoms with Gasteiger partial charge in [0.15, 0.2) is 11.6 Å². The Morgan fingerprint density at radius 3 is 2.92 bits per heavy atom. The fourth-order valence-corrected chi connectivity index (χ4v) is 2.61. The molecule has 2 rings (SSSR count). The van der Waals surface area contributed by atoms with Crippen molar-refractivity contribution < 1.29 is 4.39 Å². The molecule has 0 spiro atoms.